The topological polar surface area (TPSA) is 93.4 Å². The van der Waals surface area contributed by atoms with Crippen LogP contribution in [0.4, 0.5) is 10.5 Å². The summed E-state index contributed by atoms with van der Waals surface area (Å²) in [4.78, 5) is 23.5. The third kappa shape index (κ3) is 5.23. The molecule has 6 heteroatoms. The zero-order valence-corrected chi connectivity index (χ0v) is 11.0. The van der Waals surface area contributed by atoms with Gasteiger partial charge >= 0.3 is 12.0 Å². The third-order valence-corrected chi connectivity index (χ3v) is 2.49. The van der Waals surface area contributed by atoms with Crippen LogP contribution in [0, 0.1) is 11.3 Å². The predicted octanol–water partition coefficient (Wildman–Crippen LogP) is 2.16. The molecule has 0 radical (unpaired) electrons. The van der Waals surface area contributed by atoms with E-state index in [9.17, 15) is 9.59 Å². The van der Waals surface area contributed by atoms with Crippen LogP contribution in [0.3, 0.4) is 0 Å². The van der Waals surface area contributed by atoms with E-state index in [0.29, 0.717) is 12.2 Å². The predicted molar refractivity (Wildman–Crippen MR) is 75.0 cm³/mol. The number of nitrogens with zero attached hydrogens (tertiary/aromatic N) is 2. The van der Waals surface area contributed by atoms with Crippen LogP contribution in [-0.4, -0.2) is 35.6 Å². The molecule has 0 aliphatic carbocycles. The Kier molecular flexibility index (Phi) is 5.78. The number of carbonyl (C=O) groups excluding carboxylic acids is 1. The fraction of sp³-hybridized carbons (Fsp3) is 0.214. The Balaban J connectivity index is 2.59. The third-order valence-electron chi connectivity index (χ3n) is 2.49. The summed E-state index contributed by atoms with van der Waals surface area (Å²) in [6, 6.07) is 8.43. The lowest BCUT2D eigenvalue weighted by Gasteiger charge is -2.16. The first-order valence-electron chi connectivity index (χ1n) is 5.93. The number of hydrogen-bond acceptors (Lipinski definition) is 3. The van der Waals surface area contributed by atoms with Crippen LogP contribution in [0.2, 0.25) is 0 Å². The quantitative estimate of drug-likeness (QED) is 0.804. The van der Waals surface area contributed by atoms with Crippen LogP contribution >= 0.6 is 0 Å². The molecule has 0 saturated carbocycles. The zero-order valence-electron chi connectivity index (χ0n) is 11.0. The Bertz CT molecular complexity index is 544. The molecule has 2 N–H and O–H groups in total. The fourth-order valence-electron chi connectivity index (χ4n) is 1.38. The Labute approximate surface area is 116 Å². The van der Waals surface area contributed by atoms with Crippen molar-refractivity contribution in [2.24, 2.45) is 0 Å². The molecule has 6 nitrogen and oxygen atoms in total. The minimum atomic E-state index is -1.01. The summed E-state index contributed by atoms with van der Waals surface area (Å²) in [5.74, 6) is -1.01. The average molecular weight is 273 g/mol. The number of rotatable bonds is 5. The van der Waals surface area contributed by atoms with Crippen molar-refractivity contribution in [1.82, 2.24) is 4.90 Å². The molecule has 1 aromatic carbocycles. The van der Waals surface area contributed by atoms with E-state index in [0.717, 1.165) is 11.6 Å². The first-order valence-corrected chi connectivity index (χ1v) is 5.93. The number of nitriles is 1. The molecule has 0 aliphatic heterocycles. The molecule has 0 aromatic heterocycles. The highest BCUT2D eigenvalue weighted by Crippen LogP contribution is 2.11. The molecule has 1 rings (SSSR count). The largest absolute Gasteiger partial charge is 0.478 e. The number of aliphatic carboxylic acids is 1. The number of carbonyl (C=O) groups is 2. The van der Waals surface area contributed by atoms with Crippen LogP contribution in [0.5, 0.6) is 0 Å². The van der Waals surface area contributed by atoms with Gasteiger partial charge in [-0.2, -0.15) is 5.26 Å². The van der Waals surface area contributed by atoms with Crippen molar-refractivity contribution in [2.75, 3.05) is 18.9 Å². The van der Waals surface area contributed by atoms with Crippen LogP contribution < -0.4 is 5.32 Å². The lowest BCUT2D eigenvalue weighted by atomic mass is 10.2. The molecule has 0 unspecified atom stereocenters. The molecular weight excluding hydrogens is 258 g/mol. The van der Waals surface area contributed by atoms with Crippen molar-refractivity contribution in [3.05, 3.63) is 35.9 Å². The molecule has 0 spiro atoms. The molecule has 0 heterocycles. The summed E-state index contributed by atoms with van der Waals surface area (Å²) >= 11 is 0. The molecule has 0 bridgehead atoms. The smallest absolute Gasteiger partial charge is 0.328 e. The van der Waals surface area contributed by atoms with E-state index in [2.05, 4.69) is 5.32 Å². The van der Waals surface area contributed by atoms with Gasteiger partial charge in [0, 0.05) is 25.4 Å². The molecule has 0 saturated heterocycles. The van der Waals surface area contributed by atoms with Gasteiger partial charge in [0.25, 0.3) is 0 Å². The molecular formula is C14H15N3O3. The zero-order chi connectivity index (χ0) is 15.0. The number of nitrogens with one attached hydrogen (secondary N) is 1. The van der Waals surface area contributed by atoms with Gasteiger partial charge in [-0.15, -0.1) is 0 Å². The van der Waals surface area contributed by atoms with Crippen molar-refractivity contribution < 1.29 is 14.7 Å². The van der Waals surface area contributed by atoms with E-state index >= 15 is 0 Å². The first-order chi connectivity index (χ1) is 9.52. The van der Waals surface area contributed by atoms with E-state index in [1.807, 2.05) is 6.07 Å². The van der Waals surface area contributed by atoms with E-state index in [-0.39, 0.29) is 12.5 Å². The van der Waals surface area contributed by atoms with Crippen molar-refractivity contribution in [3.8, 4) is 6.07 Å². The average Bonchev–Trinajstić information content (AvgIpc) is 2.43. The van der Waals surface area contributed by atoms with Gasteiger partial charge in [-0.25, -0.2) is 9.59 Å². The van der Waals surface area contributed by atoms with E-state index < -0.39 is 5.97 Å². The molecule has 0 aliphatic rings. The summed E-state index contributed by atoms with van der Waals surface area (Å²) in [5, 5.41) is 19.6. The maximum Gasteiger partial charge on any atom is 0.328 e. The minimum Gasteiger partial charge on any atom is -0.478 e. The summed E-state index contributed by atoms with van der Waals surface area (Å²) < 4.78 is 0. The number of urea groups is 1. The number of amides is 2. The maximum atomic E-state index is 11.7. The van der Waals surface area contributed by atoms with Gasteiger partial charge < -0.3 is 15.3 Å². The monoisotopic (exact) mass is 273 g/mol. The van der Waals surface area contributed by atoms with Crippen LogP contribution in [0.25, 0.3) is 6.08 Å². The standard InChI is InChI=1S/C14H15N3O3/c1-17(10-2-9-15)14(20)16-12-6-3-11(4-7-12)5-8-13(18)19/h3-8H,2,10H2,1H3,(H,16,20)(H,18,19). The molecule has 2 amide bonds. The molecule has 0 atom stereocenters. The highest BCUT2D eigenvalue weighted by Gasteiger charge is 2.07. The van der Waals surface area contributed by atoms with Crippen molar-refractivity contribution in [2.45, 2.75) is 6.42 Å². The summed E-state index contributed by atoms with van der Waals surface area (Å²) in [5.41, 5.74) is 1.33. The van der Waals surface area contributed by atoms with Crippen molar-refractivity contribution in [1.29, 1.82) is 5.26 Å². The van der Waals surface area contributed by atoms with Crippen LogP contribution in [0.1, 0.15) is 12.0 Å². The normalized spacial score (nSPS) is 10.0. The van der Waals surface area contributed by atoms with Gasteiger partial charge in [-0.3, -0.25) is 0 Å². The van der Waals surface area contributed by atoms with Crippen LogP contribution in [0.15, 0.2) is 30.3 Å². The van der Waals surface area contributed by atoms with E-state index in [4.69, 9.17) is 10.4 Å². The number of benzene rings is 1. The summed E-state index contributed by atoms with van der Waals surface area (Å²) in [6.45, 7) is 0.363. The van der Waals surface area contributed by atoms with Gasteiger partial charge in [0.2, 0.25) is 0 Å². The minimum absolute atomic E-state index is 0.281. The summed E-state index contributed by atoms with van der Waals surface area (Å²) in [7, 11) is 1.61. The van der Waals surface area contributed by atoms with Gasteiger partial charge in [0.1, 0.15) is 0 Å². The van der Waals surface area contributed by atoms with E-state index in [1.54, 1.807) is 31.3 Å². The molecule has 0 fully saturated rings. The van der Waals surface area contributed by atoms with Gasteiger partial charge in [-0.05, 0) is 23.8 Å². The summed E-state index contributed by atoms with van der Waals surface area (Å²) in [6.07, 6.45) is 2.79. The Morgan fingerprint density at radius 2 is 2.05 bits per heavy atom. The van der Waals surface area contributed by atoms with Gasteiger partial charge in [0.15, 0.2) is 0 Å². The molecule has 20 heavy (non-hydrogen) atoms. The number of carboxylic acids is 1. The lowest BCUT2D eigenvalue weighted by molar-refractivity contribution is -0.131. The molecule has 104 valence electrons. The Hall–Kier alpha value is -2.81. The second kappa shape index (κ2) is 7.59. The Morgan fingerprint density at radius 1 is 1.40 bits per heavy atom. The lowest BCUT2D eigenvalue weighted by Crippen LogP contribution is -2.31. The van der Waals surface area contributed by atoms with Gasteiger partial charge in [-0.1, -0.05) is 12.1 Å². The SMILES string of the molecule is CN(CCC#N)C(=O)Nc1ccc(C=CC(=O)O)cc1. The fourth-order valence-corrected chi connectivity index (χ4v) is 1.38. The Morgan fingerprint density at radius 3 is 2.60 bits per heavy atom. The second-order valence-corrected chi connectivity index (χ2v) is 4.05. The van der Waals surface area contributed by atoms with E-state index in [1.165, 1.54) is 11.0 Å². The van der Waals surface area contributed by atoms with Crippen LogP contribution in [-0.2, 0) is 4.79 Å². The maximum absolute atomic E-state index is 11.7. The number of carboxylic acid groups (broad SMARTS) is 1. The van der Waals surface area contributed by atoms with Gasteiger partial charge in [0.05, 0.1) is 12.5 Å². The highest BCUT2D eigenvalue weighted by atomic mass is 16.4. The second-order valence-electron chi connectivity index (χ2n) is 4.05. The number of hydrogen-bond donors (Lipinski definition) is 2. The first kappa shape index (κ1) is 15.2. The highest BCUT2D eigenvalue weighted by molar-refractivity contribution is 5.89. The molecule has 1 aromatic rings. The number of anilines is 1. The van der Waals surface area contributed by atoms with Crippen molar-refractivity contribution >= 4 is 23.8 Å². The van der Waals surface area contributed by atoms with Crippen molar-refractivity contribution in [3.63, 3.8) is 0 Å².